The van der Waals surface area contributed by atoms with Gasteiger partial charge in [0, 0.05) is 32.4 Å². The third-order valence-electron chi connectivity index (χ3n) is 3.18. The molecule has 0 unspecified atom stereocenters. The largest absolute Gasteiger partial charge is 0.347 e. The van der Waals surface area contributed by atoms with Crippen molar-refractivity contribution in [3.05, 3.63) is 12.0 Å². The number of hydrogen-bond donors (Lipinski definition) is 2. The van der Waals surface area contributed by atoms with Gasteiger partial charge in [0.25, 0.3) is 5.91 Å². The van der Waals surface area contributed by atoms with Crippen molar-refractivity contribution in [1.29, 1.82) is 0 Å². The van der Waals surface area contributed by atoms with E-state index in [9.17, 15) is 14.4 Å². The van der Waals surface area contributed by atoms with E-state index in [2.05, 4.69) is 15.6 Å². The van der Waals surface area contributed by atoms with Crippen LogP contribution in [0.1, 0.15) is 24.5 Å². The summed E-state index contributed by atoms with van der Waals surface area (Å²) in [6, 6.07) is 0.0107. The van der Waals surface area contributed by atoms with Gasteiger partial charge in [-0.1, -0.05) is 0 Å². The molecule has 0 spiro atoms. The summed E-state index contributed by atoms with van der Waals surface area (Å²) < 4.78 is 1.56. The number of aromatic nitrogens is 2. The first-order valence-corrected chi connectivity index (χ1v) is 6.75. The molecule has 114 valence electrons. The summed E-state index contributed by atoms with van der Waals surface area (Å²) in [4.78, 5) is 39.9. The van der Waals surface area contributed by atoms with Crippen LogP contribution < -0.4 is 10.6 Å². The molecule has 2 rings (SSSR count). The van der Waals surface area contributed by atoms with E-state index in [1.54, 1.807) is 17.8 Å². The van der Waals surface area contributed by atoms with E-state index in [1.165, 1.54) is 4.90 Å². The van der Waals surface area contributed by atoms with E-state index in [0.717, 1.165) is 6.41 Å². The fourth-order valence-electron chi connectivity index (χ4n) is 2.06. The van der Waals surface area contributed by atoms with Crippen molar-refractivity contribution in [2.75, 3.05) is 18.4 Å². The number of amides is 3. The normalized spacial score (nSPS) is 14.8. The van der Waals surface area contributed by atoms with Crippen LogP contribution in [-0.4, -0.2) is 51.8 Å². The third kappa shape index (κ3) is 3.39. The van der Waals surface area contributed by atoms with E-state index in [0.29, 0.717) is 18.9 Å². The molecule has 1 saturated heterocycles. The number of imidazole rings is 1. The maximum absolute atomic E-state index is 11.9. The lowest BCUT2D eigenvalue weighted by atomic mass is 10.0. The summed E-state index contributed by atoms with van der Waals surface area (Å²) in [5.41, 5.74) is 0. The zero-order chi connectivity index (χ0) is 15.6. The van der Waals surface area contributed by atoms with Gasteiger partial charge >= 0.3 is 0 Å². The van der Waals surface area contributed by atoms with Gasteiger partial charge in [0.2, 0.25) is 18.1 Å². The Morgan fingerprint density at radius 1 is 1.43 bits per heavy atom. The molecule has 2 N–H and O–H groups in total. The molecule has 0 saturated carbocycles. The zero-order valence-corrected chi connectivity index (χ0v) is 12.3. The summed E-state index contributed by atoms with van der Waals surface area (Å²) >= 11 is 0. The van der Waals surface area contributed by atoms with Gasteiger partial charge in [-0.3, -0.25) is 14.4 Å². The molecule has 8 nitrogen and oxygen atoms in total. The van der Waals surface area contributed by atoms with E-state index in [4.69, 9.17) is 0 Å². The number of carbonyl (C=O) groups excluding carboxylic acids is 3. The van der Waals surface area contributed by atoms with Gasteiger partial charge in [0.15, 0.2) is 5.82 Å². The molecule has 1 aliphatic heterocycles. The molecule has 1 aliphatic rings. The first-order valence-electron chi connectivity index (χ1n) is 6.75. The predicted octanol–water partition coefficient (Wildman–Crippen LogP) is -0.415. The Kier molecular flexibility index (Phi) is 4.25. The van der Waals surface area contributed by atoms with Gasteiger partial charge in [0.1, 0.15) is 0 Å². The van der Waals surface area contributed by atoms with Crippen LogP contribution in [0.4, 0.5) is 5.82 Å². The average Bonchev–Trinajstić information content (AvgIpc) is 2.68. The Labute approximate surface area is 122 Å². The molecule has 0 bridgehead atoms. The maximum atomic E-state index is 11.9. The Morgan fingerprint density at radius 2 is 2.10 bits per heavy atom. The van der Waals surface area contributed by atoms with Crippen molar-refractivity contribution < 1.29 is 14.4 Å². The highest BCUT2D eigenvalue weighted by molar-refractivity contribution is 5.95. The second-order valence-corrected chi connectivity index (χ2v) is 5.43. The molecule has 1 aromatic heterocycles. The van der Waals surface area contributed by atoms with Crippen LogP contribution in [0.2, 0.25) is 0 Å². The average molecular weight is 293 g/mol. The summed E-state index contributed by atoms with van der Waals surface area (Å²) in [6.07, 6.45) is 2.31. The number of aryl methyl sites for hydroxylation is 1. The van der Waals surface area contributed by atoms with Gasteiger partial charge in [-0.15, -0.1) is 0 Å². The topological polar surface area (TPSA) is 96.3 Å². The predicted molar refractivity (Wildman–Crippen MR) is 75.6 cm³/mol. The number of carbonyl (C=O) groups is 3. The van der Waals surface area contributed by atoms with Gasteiger partial charge in [-0.05, 0) is 13.8 Å². The van der Waals surface area contributed by atoms with Crippen molar-refractivity contribution in [2.45, 2.75) is 19.9 Å². The van der Waals surface area contributed by atoms with Gasteiger partial charge in [-0.25, -0.2) is 4.98 Å². The second kappa shape index (κ2) is 5.94. The van der Waals surface area contributed by atoms with Gasteiger partial charge in [-0.2, -0.15) is 0 Å². The lowest BCUT2D eigenvalue weighted by Crippen LogP contribution is -2.51. The van der Waals surface area contributed by atoms with E-state index < -0.39 is 0 Å². The van der Waals surface area contributed by atoms with Crippen molar-refractivity contribution in [3.8, 4) is 0 Å². The second-order valence-electron chi connectivity index (χ2n) is 5.43. The van der Waals surface area contributed by atoms with Crippen molar-refractivity contribution >= 4 is 24.0 Å². The first kappa shape index (κ1) is 15.0. The smallest absolute Gasteiger partial charge is 0.287 e. The minimum Gasteiger partial charge on any atom is -0.347 e. The van der Waals surface area contributed by atoms with Crippen molar-refractivity contribution in [2.24, 2.45) is 13.0 Å². The molecule has 3 amide bonds. The molecule has 0 aliphatic carbocycles. The van der Waals surface area contributed by atoms with Crippen molar-refractivity contribution in [1.82, 2.24) is 19.8 Å². The molecule has 0 aromatic carbocycles. The van der Waals surface area contributed by atoms with Crippen LogP contribution in [0.5, 0.6) is 0 Å². The van der Waals surface area contributed by atoms with Crippen LogP contribution >= 0.6 is 0 Å². The summed E-state index contributed by atoms with van der Waals surface area (Å²) in [7, 11) is 1.69. The van der Waals surface area contributed by atoms with E-state index in [1.807, 2.05) is 13.8 Å². The zero-order valence-electron chi connectivity index (χ0n) is 12.3. The molecule has 2 heterocycles. The third-order valence-corrected chi connectivity index (χ3v) is 3.18. The Bertz CT molecular complexity index is 560. The van der Waals surface area contributed by atoms with Crippen LogP contribution in [0.3, 0.4) is 0 Å². The number of nitrogens with zero attached hydrogens (tertiary/aromatic N) is 3. The molecular formula is C13H19N5O3. The van der Waals surface area contributed by atoms with Gasteiger partial charge < -0.3 is 20.1 Å². The SMILES string of the molecule is CC(C)NC(=O)c1nc(NC(=O)C2CN(C=O)C2)cn1C. The standard InChI is InChI=1S/C13H19N5O3/c1-8(2)14-13(21)11-15-10(6-17(11)3)16-12(20)9-4-18(5-9)7-19/h6-9H,4-5H2,1-3H3,(H,14,21)(H,16,20). The first-order chi connectivity index (χ1) is 9.90. The molecule has 8 heteroatoms. The van der Waals surface area contributed by atoms with Crippen LogP contribution in [-0.2, 0) is 16.6 Å². The van der Waals surface area contributed by atoms with Crippen LogP contribution in [0.25, 0.3) is 0 Å². The molecule has 1 fully saturated rings. The van der Waals surface area contributed by atoms with E-state index in [-0.39, 0.29) is 29.6 Å². The number of anilines is 1. The fourth-order valence-corrected chi connectivity index (χ4v) is 2.06. The molecule has 21 heavy (non-hydrogen) atoms. The maximum Gasteiger partial charge on any atom is 0.287 e. The van der Waals surface area contributed by atoms with Crippen LogP contribution in [0, 0.1) is 5.92 Å². The number of hydrogen-bond acceptors (Lipinski definition) is 4. The Morgan fingerprint density at radius 3 is 2.67 bits per heavy atom. The van der Waals surface area contributed by atoms with Gasteiger partial charge in [0.05, 0.1) is 5.92 Å². The molecule has 1 aromatic rings. The highest BCUT2D eigenvalue weighted by Gasteiger charge is 2.32. The Hall–Kier alpha value is -2.38. The highest BCUT2D eigenvalue weighted by atomic mass is 16.2. The van der Waals surface area contributed by atoms with Crippen molar-refractivity contribution in [3.63, 3.8) is 0 Å². The number of nitrogens with one attached hydrogen (secondary N) is 2. The van der Waals surface area contributed by atoms with Crippen LogP contribution in [0.15, 0.2) is 6.20 Å². The molecule has 0 atom stereocenters. The molecular weight excluding hydrogens is 274 g/mol. The lowest BCUT2D eigenvalue weighted by Gasteiger charge is -2.34. The number of likely N-dealkylation sites (tertiary alicyclic amines) is 1. The Balaban J connectivity index is 1.97. The highest BCUT2D eigenvalue weighted by Crippen LogP contribution is 2.16. The fraction of sp³-hybridized carbons (Fsp3) is 0.538. The summed E-state index contributed by atoms with van der Waals surface area (Å²) in [5.74, 6) is -0.126. The quantitative estimate of drug-likeness (QED) is 0.721. The van der Waals surface area contributed by atoms with E-state index >= 15 is 0 Å². The summed E-state index contributed by atoms with van der Waals surface area (Å²) in [5, 5.41) is 5.41. The minimum atomic E-state index is -0.288. The lowest BCUT2D eigenvalue weighted by molar-refractivity contribution is -0.131. The monoisotopic (exact) mass is 293 g/mol. The number of rotatable bonds is 5. The minimum absolute atomic E-state index is 0.0107. The molecule has 0 radical (unpaired) electrons. The summed E-state index contributed by atoms with van der Waals surface area (Å²) in [6.45, 7) is 4.56.